The zero-order chi connectivity index (χ0) is 9.68. The SMILES string of the molecule is CCC(O)CN1CCC(NC)CC1. The molecule has 1 aliphatic heterocycles. The first-order valence-corrected chi connectivity index (χ1v) is 5.34. The van der Waals surface area contributed by atoms with E-state index < -0.39 is 0 Å². The zero-order valence-corrected chi connectivity index (χ0v) is 8.79. The van der Waals surface area contributed by atoms with Gasteiger partial charge in [-0.15, -0.1) is 0 Å². The molecule has 1 unspecified atom stereocenters. The molecule has 0 radical (unpaired) electrons. The van der Waals surface area contributed by atoms with Gasteiger partial charge < -0.3 is 15.3 Å². The van der Waals surface area contributed by atoms with Gasteiger partial charge in [-0.3, -0.25) is 0 Å². The predicted octanol–water partition coefficient (Wildman–Crippen LogP) is 0.441. The topological polar surface area (TPSA) is 35.5 Å². The maximum absolute atomic E-state index is 9.48. The van der Waals surface area contributed by atoms with Crippen molar-refractivity contribution >= 4 is 0 Å². The normalized spacial score (nSPS) is 23.3. The van der Waals surface area contributed by atoms with Crippen molar-refractivity contribution in [1.29, 1.82) is 0 Å². The van der Waals surface area contributed by atoms with Crippen molar-refractivity contribution < 1.29 is 5.11 Å². The van der Waals surface area contributed by atoms with E-state index in [0.717, 1.165) is 26.1 Å². The highest BCUT2D eigenvalue weighted by molar-refractivity contribution is 4.76. The van der Waals surface area contributed by atoms with Crippen LogP contribution in [-0.4, -0.2) is 48.8 Å². The van der Waals surface area contributed by atoms with Gasteiger partial charge >= 0.3 is 0 Å². The van der Waals surface area contributed by atoms with Gasteiger partial charge in [0, 0.05) is 12.6 Å². The highest BCUT2D eigenvalue weighted by Gasteiger charge is 2.18. The first kappa shape index (κ1) is 11.0. The number of nitrogens with one attached hydrogen (secondary N) is 1. The minimum atomic E-state index is -0.133. The lowest BCUT2D eigenvalue weighted by Crippen LogP contribution is -2.43. The van der Waals surface area contributed by atoms with Gasteiger partial charge in [0.15, 0.2) is 0 Å². The highest BCUT2D eigenvalue weighted by Crippen LogP contribution is 2.10. The molecule has 0 aromatic carbocycles. The van der Waals surface area contributed by atoms with Crippen LogP contribution in [-0.2, 0) is 0 Å². The molecule has 1 fully saturated rings. The summed E-state index contributed by atoms with van der Waals surface area (Å²) in [7, 11) is 2.03. The molecule has 0 spiro atoms. The first-order chi connectivity index (χ1) is 6.26. The van der Waals surface area contributed by atoms with E-state index in [9.17, 15) is 5.11 Å². The number of β-amino-alcohol motifs (C(OH)–C–C–N with tert-alkyl or cyclic N) is 1. The summed E-state index contributed by atoms with van der Waals surface area (Å²) in [5.74, 6) is 0. The van der Waals surface area contributed by atoms with Crippen LogP contribution in [0.1, 0.15) is 26.2 Å². The van der Waals surface area contributed by atoms with E-state index in [1.54, 1.807) is 0 Å². The largest absolute Gasteiger partial charge is 0.392 e. The zero-order valence-electron chi connectivity index (χ0n) is 8.79. The molecule has 0 aromatic heterocycles. The molecule has 1 rings (SSSR count). The van der Waals surface area contributed by atoms with Gasteiger partial charge in [0.25, 0.3) is 0 Å². The van der Waals surface area contributed by atoms with E-state index >= 15 is 0 Å². The molecule has 78 valence electrons. The summed E-state index contributed by atoms with van der Waals surface area (Å²) in [6.45, 7) is 5.14. The van der Waals surface area contributed by atoms with Gasteiger partial charge in [0.05, 0.1) is 6.10 Å². The summed E-state index contributed by atoms with van der Waals surface area (Å²) in [5, 5.41) is 12.8. The number of hydrogen-bond acceptors (Lipinski definition) is 3. The number of rotatable bonds is 4. The van der Waals surface area contributed by atoms with Gasteiger partial charge in [-0.2, -0.15) is 0 Å². The van der Waals surface area contributed by atoms with E-state index in [2.05, 4.69) is 10.2 Å². The summed E-state index contributed by atoms with van der Waals surface area (Å²) in [5.41, 5.74) is 0. The maximum Gasteiger partial charge on any atom is 0.0664 e. The van der Waals surface area contributed by atoms with E-state index in [1.807, 2.05) is 14.0 Å². The van der Waals surface area contributed by atoms with Gasteiger partial charge in [-0.1, -0.05) is 6.92 Å². The van der Waals surface area contributed by atoms with Crippen LogP contribution in [0.15, 0.2) is 0 Å². The van der Waals surface area contributed by atoms with E-state index in [4.69, 9.17) is 0 Å². The van der Waals surface area contributed by atoms with Crippen molar-refractivity contribution in [1.82, 2.24) is 10.2 Å². The second-order valence-electron chi connectivity index (χ2n) is 3.93. The van der Waals surface area contributed by atoms with E-state index in [0.29, 0.717) is 6.04 Å². The Kier molecular flexibility index (Phi) is 4.70. The summed E-state index contributed by atoms with van der Waals surface area (Å²) < 4.78 is 0. The molecule has 0 aliphatic carbocycles. The molecule has 3 heteroatoms. The van der Waals surface area contributed by atoms with Crippen LogP contribution < -0.4 is 5.32 Å². The van der Waals surface area contributed by atoms with Crippen LogP contribution in [0.2, 0.25) is 0 Å². The monoisotopic (exact) mass is 186 g/mol. The Morgan fingerprint density at radius 2 is 2.08 bits per heavy atom. The Bertz CT molecular complexity index is 133. The van der Waals surface area contributed by atoms with Crippen LogP contribution in [0, 0.1) is 0 Å². The number of hydrogen-bond donors (Lipinski definition) is 2. The van der Waals surface area contributed by atoms with Crippen molar-refractivity contribution in [3.63, 3.8) is 0 Å². The van der Waals surface area contributed by atoms with Crippen LogP contribution >= 0.6 is 0 Å². The lowest BCUT2D eigenvalue weighted by atomic mass is 10.0. The minimum Gasteiger partial charge on any atom is -0.392 e. The quantitative estimate of drug-likeness (QED) is 0.669. The molecule has 1 aliphatic rings. The fourth-order valence-electron chi connectivity index (χ4n) is 1.83. The van der Waals surface area contributed by atoms with Crippen LogP contribution in [0.25, 0.3) is 0 Å². The Labute approximate surface area is 81.1 Å². The third kappa shape index (κ3) is 3.63. The lowest BCUT2D eigenvalue weighted by molar-refractivity contribution is 0.0923. The van der Waals surface area contributed by atoms with Crippen molar-refractivity contribution in [2.24, 2.45) is 0 Å². The molecule has 1 heterocycles. The summed E-state index contributed by atoms with van der Waals surface area (Å²) in [6, 6.07) is 0.690. The fraction of sp³-hybridized carbons (Fsp3) is 1.00. The Morgan fingerprint density at radius 1 is 1.46 bits per heavy atom. The summed E-state index contributed by atoms with van der Waals surface area (Å²) in [6.07, 6.45) is 3.16. The number of aliphatic hydroxyl groups excluding tert-OH is 1. The van der Waals surface area contributed by atoms with Crippen LogP contribution in [0.3, 0.4) is 0 Å². The Hall–Kier alpha value is -0.120. The number of piperidine rings is 1. The molecular formula is C10H22N2O. The standard InChI is InChI=1S/C10H22N2O/c1-3-10(13)8-12-6-4-9(11-2)5-7-12/h9-11,13H,3-8H2,1-2H3. The molecule has 1 atom stereocenters. The lowest BCUT2D eigenvalue weighted by Gasteiger charge is -2.32. The summed E-state index contributed by atoms with van der Waals surface area (Å²) >= 11 is 0. The van der Waals surface area contributed by atoms with Crippen molar-refractivity contribution in [2.75, 3.05) is 26.7 Å². The molecular weight excluding hydrogens is 164 g/mol. The predicted molar refractivity (Wildman–Crippen MR) is 54.8 cm³/mol. The second kappa shape index (κ2) is 5.58. The third-order valence-corrected chi connectivity index (χ3v) is 2.94. The molecule has 0 aromatic rings. The average molecular weight is 186 g/mol. The smallest absolute Gasteiger partial charge is 0.0664 e. The third-order valence-electron chi connectivity index (χ3n) is 2.94. The molecule has 0 bridgehead atoms. The van der Waals surface area contributed by atoms with Crippen molar-refractivity contribution in [3.8, 4) is 0 Å². The van der Waals surface area contributed by atoms with Gasteiger partial charge in [0.2, 0.25) is 0 Å². The highest BCUT2D eigenvalue weighted by atomic mass is 16.3. The molecule has 0 amide bonds. The van der Waals surface area contributed by atoms with Crippen molar-refractivity contribution in [2.45, 2.75) is 38.3 Å². The molecule has 3 nitrogen and oxygen atoms in total. The van der Waals surface area contributed by atoms with E-state index in [-0.39, 0.29) is 6.10 Å². The number of likely N-dealkylation sites (tertiary alicyclic amines) is 1. The number of nitrogens with zero attached hydrogens (tertiary/aromatic N) is 1. The average Bonchev–Trinajstić information content (AvgIpc) is 2.19. The molecule has 0 saturated carbocycles. The fourth-order valence-corrected chi connectivity index (χ4v) is 1.83. The van der Waals surface area contributed by atoms with Crippen LogP contribution in [0.4, 0.5) is 0 Å². The molecule has 13 heavy (non-hydrogen) atoms. The van der Waals surface area contributed by atoms with Gasteiger partial charge in [-0.05, 0) is 39.4 Å². The molecule has 1 saturated heterocycles. The Morgan fingerprint density at radius 3 is 2.54 bits per heavy atom. The maximum atomic E-state index is 9.48. The van der Waals surface area contributed by atoms with E-state index in [1.165, 1.54) is 12.8 Å². The second-order valence-corrected chi connectivity index (χ2v) is 3.93. The van der Waals surface area contributed by atoms with Gasteiger partial charge in [-0.25, -0.2) is 0 Å². The van der Waals surface area contributed by atoms with Crippen LogP contribution in [0.5, 0.6) is 0 Å². The van der Waals surface area contributed by atoms with Crippen molar-refractivity contribution in [3.05, 3.63) is 0 Å². The number of aliphatic hydroxyl groups is 1. The Balaban J connectivity index is 2.17. The molecule has 2 N–H and O–H groups in total. The minimum absolute atomic E-state index is 0.133. The first-order valence-electron chi connectivity index (χ1n) is 5.34. The van der Waals surface area contributed by atoms with Gasteiger partial charge in [0.1, 0.15) is 0 Å². The summed E-state index contributed by atoms with van der Waals surface area (Å²) in [4.78, 5) is 2.36.